The van der Waals surface area contributed by atoms with Crippen LogP contribution < -0.4 is 0 Å². The summed E-state index contributed by atoms with van der Waals surface area (Å²) in [7, 11) is 1.99. The quantitative estimate of drug-likeness (QED) is 0.837. The van der Waals surface area contributed by atoms with Crippen LogP contribution >= 0.6 is 15.9 Å². The van der Waals surface area contributed by atoms with Crippen LogP contribution in [0.15, 0.2) is 4.47 Å². The summed E-state index contributed by atoms with van der Waals surface area (Å²) < 4.78 is 3.09. The lowest BCUT2D eigenvalue weighted by molar-refractivity contribution is -0.121. The fourth-order valence-electron chi connectivity index (χ4n) is 2.38. The Hall–Kier alpha value is -0.640. The number of carbonyl (C=O) groups is 1. The number of aryl methyl sites for hydroxylation is 2. The largest absolute Gasteiger partial charge is 0.300 e. The van der Waals surface area contributed by atoms with Crippen molar-refractivity contribution in [3.63, 3.8) is 0 Å². The fourth-order valence-corrected chi connectivity index (χ4v) is 2.88. The average molecular weight is 285 g/mol. The zero-order chi connectivity index (χ0) is 11.7. The maximum Gasteiger partial charge on any atom is 0.132 e. The first-order valence-corrected chi connectivity index (χ1v) is 6.57. The van der Waals surface area contributed by atoms with Gasteiger partial charge in [-0.25, -0.2) is 0 Å². The second-order valence-electron chi connectivity index (χ2n) is 4.66. The maximum absolute atomic E-state index is 11.2. The molecule has 1 aromatic rings. The van der Waals surface area contributed by atoms with Crippen LogP contribution in [0.4, 0.5) is 0 Å². The molecule has 0 spiro atoms. The van der Waals surface area contributed by atoms with Gasteiger partial charge in [-0.2, -0.15) is 5.10 Å². The summed E-state index contributed by atoms with van der Waals surface area (Å²) in [6.45, 7) is 2.01. The molecule has 0 unspecified atom stereocenters. The van der Waals surface area contributed by atoms with Crippen LogP contribution in [0, 0.1) is 12.8 Å². The number of carbonyl (C=O) groups excluding carboxylic acids is 1. The highest BCUT2D eigenvalue weighted by atomic mass is 79.9. The predicted molar refractivity (Wildman–Crippen MR) is 66.3 cm³/mol. The Labute approximate surface area is 104 Å². The smallest absolute Gasteiger partial charge is 0.132 e. The van der Waals surface area contributed by atoms with Crippen LogP contribution in [0.2, 0.25) is 0 Å². The van der Waals surface area contributed by atoms with Gasteiger partial charge in [0.05, 0.1) is 15.9 Å². The van der Waals surface area contributed by atoms with Gasteiger partial charge in [0.15, 0.2) is 0 Å². The van der Waals surface area contributed by atoms with Gasteiger partial charge in [-0.05, 0) is 48.0 Å². The molecule has 0 saturated heterocycles. The molecule has 88 valence electrons. The molecule has 0 amide bonds. The molecule has 0 aromatic carbocycles. The molecule has 3 nitrogen and oxygen atoms in total. The van der Waals surface area contributed by atoms with Crippen molar-refractivity contribution >= 4 is 21.7 Å². The molecule has 0 bridgehead atoms. The summed E-state index contributed by atoms with van der Waals surface area (Å²) in [6, 6.07) is 0. The van der Waals surface area contributed by atoms with Gasteiger partial charge in [0.2, 0.25) is 0 Å². The van der Waals surface area contributed by atoms with Crippen LogP contribution in [0.5, 0.6) is 0 Å². The zero-order valence-electron chi connectivity index (χ0n) is 9.79. The van der Waals surface area contributed by atoms with E-state index >= 15 is 0 Å². The van der Waals surface area contributed by atoms with Crippen LogP contribution in [0.3, 0.4) is 0 Å². The van der Waals surface area contributed by atoms with Crippen LogP contribution in [-0.4, -0.2) is 15.6 Å². The van der Waals surface area contributed by atoms with Crippen molar-refractivity contribution in [3.05, 3.63) is 15.9 Å². The van der Waals surface area contributed by atoms with Crippen molar-refractivity contribution in [2.45, 2.75) is 39.0 Å². The molecular formula is C12H17BrN2O. The number of hydrogen-bond donors (Lipinski definition) is 0. The molecule has 0 atom stereocenters. The van der Waals surface area contributed by atoms with Gasteiger partial charge < -0.3 is 0 Å². The van der Waals surface area contributed by atoms with E-state index in [2.05, 4.69) is 21.0 Å². The maximum atomic E-state index is 11.2. The summed E-state index contributed by atoms with van der Waals surface area (Å²) in [4.78, 5) is 11.2. The van der Waals surface area contributed by atoms with E-state index in [0.29, 0.717) is 11.7 Å². The summed E-state index contributed by atoms with van der Waals surface area (Å²) in [5.74, 6) is 1.07. The molecule has 2 rings (SSSR count). The predicted octanol–water partition coefficient (Wildman–Crippen LogP) is 2.79. The van der Waals surface area contributed by atoms with Gasteiger partial charge in [-0.3, -0.25) is 9.48 Å². The minimum Gasteiger partial charge on any atom is -0.300 e. The topological polar surface area (TPSA) is 34.9 Å². The second kappa shape index (κ2) is 4.70. The van der Waals surface area contributed by atoms with E-state index in [0.717, 1.165) is 42.3 Å². The number of Topliss-reactive ketones (excluding diaryl/α,β-unsaturated/α-hetero) is 1. The van der Waals surface area contributed by atoms with E-state index in [1.165, 1.54) is 5.69 Å². The van der Waals surface area contributed by atoms with Crippen molar-refractivity contribution in [2.75, 3.05) is 0 Å². The molecule has 1 aliphatic carbocycles. The zero-order valence-corrected chi connectivity index (χ0v) is 11.4. The summed E-state index contributed by atoms with van der Waals surface area (Å²) in [5, 5.41) is 4.39. The van der Waals surface area contributed by atoms with Crippen LogP contribution in [0.25, 0.3) is 0 Å². The van der Waals surface area contributed by atoms with E-state index in [9.17, 15) is 4.79 Å². The Kier molecular flexibility index (Phi) is 3.47. The Balaban J connectivity index is 2.06. The van der Waals surface area contributed by atoms with Gasteiger partial charge in [0, 0.05) is 19.9 Å². The highest BCUT2D eigenvalue weighted by Crippen LogP contribution is 2.29. The number of rotatable bonds is 2. The van der Waals surface area contributed by atoms with Crippen LogP contribution in [-0.2, 0) is 18.3 Å². The Morgan fingerprint density at radius 3 is 2.56 bits per heavy atom. The van der Waals surface area contributed by atoms with Gasteiger partial charge in [0.1, 0.15) is 5.78 Å². The van der Waals surface area contributed by atoms with Crippen molar-refractivity contribution in [3.8, 4) is 0 Å². The fraction of sp³-hybridized carbons (Fsp3) is 0.667. The SMILES string of the molecule is Cc1nn(C)c(CC2CCC(=O)CC2)c1Br. The summed E-state index contributed by atoms with van der Waals surface area (Å²) in [5.41, 5.74) is 2.31. The van der Waals surface area contributed by atoms with E-state index in [1.54, 1.807) is 0 Å². The molecule has 0 N–H and O–H groups in total. The van der Waals surface area contributed by atoms with Crippen molar-refractivity contribution < 1.29 is 4.79 Å². The van der Waals surface area contributed by atoms with Gasteiger partial charge in [0.25, 0.3) is 0 Å². The van der Waals surface area contributed by atoms with Crippen molar-refractivity contribution in [1.82, 2.24) is 9.78 Å². The lowest BCUT2D eigenvalue weighted by Crippen LogP contribution is -2.17. The molecular weight excluding hydrogens is 268 g/mol. The van der Waals surface area contributed by atoms with E-state index < -0.39 is 0 Å². The first kappa shape index (κ1) is 11.8. The third-order valence-corrected chi connectivity index (χ3v) is 4.44. The van der Waals surface area contributed by atoms with Crippen LogP contribution in [0.1, 0.15) is 37.1 Å². The number of aromatic nitrogens is 2. The molecule has 1 aliphatic rings. The molecule has 1 heterocycles. The normalized spacial score (nSPS) is 18.1. The second-order valence-corrected chi connectivity index (χ2v) is 5.45. The van der Waals surface area contributed by atoms with E-state index in [1.807, 2.05) is 18.7 Å². The lowest BCUT2D eigenvalue weighted by atomic mass is 9.85. The summed E-state index contributed by atoms with van der Waals surface area (Å²) >= 11 is 3.59. The Morgan fingerprint density at radius 2 is 2.06 bits per heavy atom. The highest BCUT2D eigenvalue weighted by Gasteiger charge is 2.21. The third-order valence-electron chi connectivity index (χ3n) is 3.41. The molecule has 1 saturated carbocycles. The Morgan fingerprint density at radius 1 is 1.44 bits per heavy atom. The average Bonchev–Trinajstić information content (AvgIpc) is 2.48. The molecule has 1 fully saturated rings. The van der Waals surface area contributed by atoms with Crippen molar-refractivity contribution in [2.24, 2.45) is 13.0 Å². The molecule has 0 radical (unpaired) electrons. The van der Waals surface area contributed by atoms with Gasteiger partial charge >= 0.3 is 0 Å². The monoisotopic (exact) mass is 284 g/mol. The molecule has 1 aromatic heterocycles. The number of halogens is 1. The van der Waals surface area contributed by atoms with Crippen molar-refractivity contribution in [1.29, 1.82) is 0 Å². The summed E-state index contributed by atoms with van der Waals surface area (Å²) in [6.07, 6.45) is 4.63. The highest BCUT2D eigenvalue weighted by molar-refractivity contribution is 9.10. The first-order chi connectivity index (χ1) is 7.58. The number of hydrogen-bond acceptors (Lipinski definition) is 2. The molecule has 0 aliphatic heterocycles. The minimum atomic E-state index is 0.427. The minimum absolute atomic E-state index is 0.427. The first-order valence-electron chi connectivity index (χ1n) is 5.77. The van der Waals surface area contributed by atoms with Gasteiger partial charge in [-0.15, -0.1) is 0 Å². The standard InChI is InChI=1S/C12H17BrN2O/c1-8-12(13)11(15(2)14-8)7-9-3-5-10(16)6-4-9/h9H,3-7H2,1-2H3. The molecule has 4 heteroatoms. The van der Waals surface area contributed by atoms with Gasteiger partial charge in [-0.1, -0.05) is 0 Å². The number of nitrogens with zero attached hydrogens (tertiary/aromatic N) is 2. The van der Waals surface area contributed by atoms with E-state index in [-0.39, 0.29) is 0 Å². The van der Waals surface area contributed by atoms with E-state index in [4.69, 9.17) is 0 Å². The number of ketones is 1. The third kappa shape index (κ3) is 2.37. The Bertz CT molecular complexity index is 401. The lowest BCUT2D eigenvalue weighted by Gasteiger charge is -2.20. The molecule has 16 heavy (non-hydrogen) atoms.